The predicted octanol–water partition coefficient (Wildman–Crippen LogP) is 0.530. The zero-order valence-corrected chi connectivity index (χ0v) is 17.6. The summed E-state index contributed by atoms with van der Waals surface area (Å²) in [6, 6.07) is -0.782. The van der Waals surface area contributed by atoms with Gasteiger partial charge in [0.2, 0.25) is 4.08 Å². The van der Waals surface area contributed by atoms with Crippen molar-refractivity contribution < 1.29 is 30.7 Å². The number of amidine groups is 1. The van der Waals surface area contributed by atoms with Gasteiger partial charge in [-0.3, -0.25) is 13.4 Å². The average molecular weight is 436 g/mol. The minimum Gasteiger partial charge on any atom is -0.465 e. The van der Waals surface area contributed by atoms with E-state index in [4.69, 9.17) is 10.5 Å². The lowest BCUT2D eigenvalue weighted by molar-refractivity contribution is -0.144. The molecule has 154 valence electrons. The number of hydrogen-bond acceptors (Lipinski definition) is 9. The molecule has 0 saturated carbocycles. The first-order chi connectivity index (χ1) is 11.4. The van der Waals surface area contributed by atoms with Gasteiger partial charge in [-0.15, -0.1) is 12.4 Å². The number of rotatable bonds is 7. The maximum atomic E-state index is 12.7. The third-order valence-corrected chi connectivity index (χ3v) is 8.85. The highest BCUT2D eigenvalue weighted by atomic mass is 35.5. The Morgan fingerprint density at radius 2 is 1.88 bits per heavy atom. The molecule has 0 aromatic carbocycles. The molecular formula is C13H26ClN3O7S2. The van der Waals surface area contributed by atoms with Crippen LogP contribution >= 0.6 is 12.4 Å². The summed E-state index contributed by atoms with van der Waals surface area (Å²) in [7, 11) is -8.68. The van der Waals surface area contributed by atoms with Crippen LogP contribution in [0.4, 0.5) is 0 Å². The number of nitrogens with two attached hydrogens (primary N) is 1. The fourth-order valence-electron chi connectivity index (χ4n) is 2.08. The Kier molecular flexibility index (Phi) is 8.81. The highest BCUT2D eigenvalue weighted by Gasteiger charge is 2.54. The summed E-state index contributed by atoms with van der Waals surface area (Å²) in [5, 5.41) is 3.39. The minimum atomic E-state index is -4.43. The van der Waals surface area contributed by atoms with Gasteiger partial charge in [0.25, 0.3) is 10.0 Å². The van der Waals surface area contributed by atoms with Crippen LogP contribution in [-0.4, -0.2) is 56.2 Å². The Hall–Kier alpha value is -1.11. The number of sulfonamides is 1. The van der Waals surface area contributed by atoms with Crippen LogP contribution in [0.5, 0.6) is 0 Å². The normalized spacial score (nSPS) is 21.4. The van der Waals surface area contributed by atoms with Crippen molar-refractivity contribution in [3.63, 3.8) is 0 Å². The molecule has 1 aliphatic heterocycles. The molecule has 26 heavy (non-hydrogen) atoms. The largest absolute Gasteiger partial charge is 0.465 e. The molecule has 1 atom stereocenters. The summed E-state index contributed by atoms with van der Waals surface area (Å²) in [4.78, 5) is 11.4. The van der Waals surface area contributed by atoms with E-state index in [1.54, 1.807) is 6.92 Å². The standard InChI is InChI=1S/C13H25N3O7S2.ClH/c1-5-22-12(17)11(14)8-6-7-9-16-10(2)15-23-25(20,21)13(3,4)24(16,18)19;/h11H,5-9,14H2,1-4H3;1H/t11-;/m0./s1. The third kappa shape index (κ3) is 4.99. The molecule has 0 aromatic heterocycles. The highest BCUT2D eigenvalue weighted by molar-refractivity contribution is 8.07. The van der Waals surface area contributed by atoms with Crippen LogP contribution in [0.1, 0.15) is 47.0 Å². The molecule has 0 bridgehead atoms. The third-order valence-electron chi connectivity index (χ3n) is 3.86. The van der Waals surface area contributed by atoms with Crippen LogP contribution < -0.4 is 5.73 Å². The number of esters is 1. The van der Waals surface area contributed by atoms with Crippen LogP contribution in [0.25, 0.3) is 0 Å². The fourth-order valence-corrected chi connectivity index (χ4v) is 5.14. The van der Waals surface area contributed by atoms with Gasteiger partial charge in [-0.25, -0.2) is 8.42 Å². The molecule has 1 heterocycles. The van der Waals surface area contributed by atoms with Gasteiger partial charge >= 0.3 is 16.1 Å². The van der Waals surface area contributed by atoms with Crippen LogP contribution in [0.3, 0.4) is 0 Å². The zero-order chi connectivity index (χ0) is 19.5. The second kappa shape index (κ2) is 9.20. The Labute approximate surface area is 160 Å². The van der Waals surface area contributed by atoms with Crippen LogP contribution in [0, 0.1) is 0 Å². The molecular weight excluding hydrogens is 410 g/mol. The van der Waals surface area contributed by atoms with Gasteiger partial charge in [0, 0.05) is 6.54 Å². The molecule has 1 aliphatic rings. The van der Waals surface area contributed by atoms with Crippen molar-refractivity contribution in [3.8, 4) is 0 Å². The van der Waals surface area contributed by atoms with Crippen molar-refractivity contribution in [3.05, 3.63) is 0 Å². The van der Waals surface area contributed by atoms with Gasteiger partial charge in [0.15, 0.2) is 5.84 Å². The summed E-state index contributed by atoms with van der Waals surface area (Å²) in [5.74, 6) is -0.591. The number of oxime groups is 1. The van der Waals surface area contributed by atoms with E-state index >= 15 is 0 Å². The van der Waals surface area contributed by atoms with E-state index in [1.165, 1.54) is 6.92 Å². The Bertz CT molecular complexity index is 735. The lowest BCUT2D eigenvalue weighted by Crippen LogP contribution is -2.49. The molecule has 0 unspecified atom stereocenters. The van der Waals surface area contributed by atoms with Crippen molar-refractivity contribution in [1.82, 2.24) is 4.31 Å². The molecule has 0 saturated heterocycles. The molecule has 0 aliphatic carbocycles. The number of nitrogens with zero attached hydrogens (tertiary/aromatic N) is 2. The molecule has 2 N–H and O–H groups in total. The van der Waals surface area contributed by atoms with Gasteiger partial charge in [-0.05, 0) is 47.0 Å². The van der Waals surface area contributed by atoms with Gasteiger partial charge in [-0.1, -0.05) is 5.16 Å². The van der Waals surface area contributed by atoms with Gasteiger partial charge in [0.1, 0.15) is 6.04 Å². The average Bonchev–Trinajstić information content (AvgIpc) is 2.55. The summed E-state index contributed by atoms with van der Waals surface area (Å²) < 4.78 is 57.3. The van der Waals surface area contributed by atoms with Crippen molar-refractivity contribution >= 4 is 44.4 Å². The Morgan fingerprint density at radius 1 is 1.31 bits per heavy atom. The topological polar surface area (TPSA) is 145 Å². The van der Waals surface area contributed by atoms with E-state index < -0.39 is 36.2 Å². The van der Waals surface area contributed by atoms with Crippen molar-refractivity contribution in [2.45, 2.75) is 57.1 Å². The minimum absolute atomic E-state index is 0. The summed E-state index contributed by atoms with van der Waals surface area (Å²) in [6.45, 7) is 5.35. The van der Waals surface area contributed by atoms with Crippen molar-refractivity contribution in [2.75, 3.05) is 13.2 Å². The lowest BCUT2D eigenvalue weighted by Gasteiger charge is -2.28. The fraction of sp³-hybridized carbons (Fsp3) is 0.846. The number of halogens is 1. The van der Waals surface area contributed by atoms with Crippen molar-refractivity contribution in [1.29, 1.82) is 0 Å². The zero-order valence-electron chi connectivity index (χ0n) is 15.2. The Balaban J connectivity index is 0.00000625. The van der Waals surface area contributed by atoms with Crippen LogP contribution in [0.2, 0.25) is 0 Å². The second-order valence-corrected chi connectivity index (χ2v) is 10.7. The van der Waals surface area contributed by atoms with E-state index in [2.05, 4.69) is 9.44 Å². The number of hydrogen-bond donors (Lipinski definition) is 1. The smallest absolute Gasteiger partial charge is 0.350 e. The SMILES string of the molecule is CCOC(=O)[C@@H](N)CCCCN1C(C)=NOS(=O)(=O)C(C)(C)S1(=O)=O.Cl. The first kappa shape index (κ1) is 24.9. The summed E-state index contributed by atoms with van der Waals surface area (Å²) in [5.41, 5.74) is 5.68. The van der Waals surface area contributed by atoms with E-state index in [0.717, 1.165) is 18.2 Å². The first-order valence-electron chi connectivity index (χ1n) is 7.80. The van der Waals surface area contributed by atoms with Gasteiger partial charge in [-0.2, -0.15) is 8.42 Å². The molecule has 10 nitrogen and oxygen atoms in total. The van der Waals surface area contributed by atoms with E-state index in [9.17, 15) is 21.6 Å². The first-order valence-corrected chi connectivity index (χ1v) is 10.7. The van der Waals surface area contributed by atoms with Crippen molar-refractivity contribution in [2.24, 2.45) is 10.9 Å². The van der Waals surface area contributed by atoms with Crippen LogP contribution in [0.15, 0.2) is 5.16 Å². The number of carbonyl (C=O) groups excluding carboxylic acids is 1. The molecule has 0 radical (unpaired) electrons. The van der Waals surface area contributed by atoms with E-state index in [1.807, 2.05) is 0 Å². The summed E-state index contributed by atoms with van der Waals surface area (Å²) in [6.07, 6.45) is 1.13. The lowest BCUT2D eigenvalue weighted by atomic mass is 10.1. The second-order valence-electron chi connectivity index (χ2n) is 6.00. The van der Waals surface area contributed by atoms with Gasteiger partial charge in [0.05, 0.1) is 6.61 Å². The number of ether oxygens (including phenoxy) is 1. The van der Waals surface area contributed by atoms with Gasteiger partial charge < -0.3 is 10.5 Å². The Morgan fingerprint density at radius 3 is 2.42 bits per heavy atom. The predicted molar refractivity (Wildman–Crippen MR) is 98.5 cm³/mol. The monoisotopic (exact) mass is 435 g/mol. The molecule has 1 rings (SSSR count). The molecule has 0 aromatic rings. The molecule has 0 fully saturated rings. The highest BCUT2D eigenvalue weighted by Crippen LogP contribution is 2.31. The maximum absolute atomic E-state index is 12.7. The number of unbranched alkanes of at least 4 members (excludes halogenated alkanes) is 1. The molecule has 0 spiro atoms. The molecule has 0 amide bonds. The quantitative estimate of drug-likeness (QED) is 0.450. The molecule has 13 heteroatoms. The number of carbonyl (C=O) groups is 1. The maximum Gasteiger partial charge on any atom is 0.350 e. The summed E-state index contributed by atoms with van der Waals surface area (Å²) >= 11 is 0. The van der Waals surface area contributed by atoms with E-state index in [0.29, 0.717) is 19.3 Å². The van der Waals surface area contributed by atoms with E-state index in [-0.39, 0.29) is 31.4 Å². The van der Waals surface area contributed by atoms with Crippen LogP contribution in [-0.2, 0) is 34.0 Å².